The van der Waals surface area contributed by atoms with Gasteiger partial charge < -0.3 is 24.4 Å². The first-order chi connectivity index (χ1) is 16.1. The molecule has 1 unspecified atom stereocenters. The van der Waals surface area contributed by atoms with Gasteiger partial charge in [-0.3, -0.25) is 9.69 Å². The van der Waals surface area contributed by atoms with Crippen LogP contribution in [-0.4, -0.2) is 77.2 Å². The molecule has 2 aliphatic heterocycles. The Morgan fingerprint density at radius 3 is 2.68 bits per heavy atom. The van der Waals surface area contributed by atoms with Gasteiger partial charge in [-0.05, 0) is 24.8 Å². The molecule has 0 bridgehead atoms. The maximum Gasteiger partial charge on any atom is 0.490 e. The largest absolute Gasteiger partial charge is 0.490 e. The Balaban J connectivity index is 0.000000406. The number of pyridine rings is 1. The minimum atomic E-state index is -5.08. The Labute approximate surface area is 193 Å². The van der Waals surface area contributed by atoms with Crippen molar-refractivity contribution in [3.8, 4) is 5.88 Å². The number of carbonyl (C=O) groups excluding carboxylic acids is 1. The first-order valence-electron chi connectivity index (χ1n) is 10.5. The third-order valence-electron chi connectivity index (χ3n) is 5.70. The van der Waals surface area contributed by atoms with E-state index in [1.54, 1.807) is 19.4 Å². The average Bonchev–Trinajstić information content (AvgIpc) is 3.44. The second kappa shape index (κ2) is 10.8. The zero-order chi connectivity index (χ0) is 24.8. The fourth-order valence-corrected chi connectivity index (χ4v) is 4.11. The topological polar surface area (TPSA) is 127 Å². The lowest BCUT2D eigenvalue weighted by Gasteiger charge is -2.50. The summed E-state index contributed by atoms with van der Waals surface area (Å²) in [6.45, 7) is 3.98. The summed E-state index contributed by atoms with van der Waals surface area (Å²) in [7, 11) is 1.65. The van der Waals surface area contributed by atoms with E-state index in [1.807, 2.05) is 12.1 Å². The molecule has 1 atom stereocenters. The molecule has 4 heterocycles. The molecule has 2 fully saturated rings. The summed E-state index contributed by atoms with van der Waals surface area (Å²) in [5.41, 5.74) is 0.996. The molecule has 13 heteroatoms. The number of methoxy groups -OCH3 is 1. The van der Waals surface area contributed by atoms with Crippen molar-refractivity contribution >= 4 is 11.9 Å². The Hall–Kier alpha value is -3.19. The van der Waals surface area contributed by atoms with Crippen LogP contribution in [0.4, 0.5) is 13.2 Å². The molecule has 2 saturated heterocycles. The number of hydrogen-bond acceptors (Lipinski definition) is 8. The number of amides is 1. The van der Waals surface area contributed by atoms with Crippen LogP contribution in [0.3, 0.4) is 0 Å². The number of rotatable bonds is 7. The van der Waals surface area contributed by atoms with E-state index in [9.17, 15) is 18.0 Å². The number of carboxylic acid groups (broad SMARTS) is 1. The summed E-state index contributed by atoms with van der Waals surface area (Å²) < 4.78 is 48.1. The molecule has 0 aliphatic carbocycles. The van der Waals surface area contributed by atoms with Crippen molar-refractivity contribution in [2.24, 2.45) is 5.92 Å². The summed E-state index contributed by atoms with van der Waals surface area (Å²) in [4.78, 5) is 27.4. The van der Waals surface area contributed by atoms with Gasteiger partial charge in [0, 0.05) is 50.6 Å². The molecular formula is C21H25F3N4O6. The van der Waals surface area contributed by atoms with Gasteiger partial charge in [-0.2, -0.15) is 13.2 Å². The molecule has 0 aromatic carbocycles. The molecule has 2 aliphatic rings. The fraction of sp³-hybridized carbons (Fsp3) is 0.524. The molecule has 2 aromatic heterocycles. The van der Waals surface area contributed by atoms with Crippen LogP contribution in [0.2, 0.25) is 0 Å². The minimum absolute atomic E-state index is 0.0909. The van der Waals surface area contributed by atoms with E-state index in [0.29, 0.717) is 18.3 Å². The molecule has 0 saturated carbocycles. The third-order valence-corrected chi connectivity index (χ3v) is 5.70. The maximum atomic E-state index is 11.9. The Kier molecular flexibility index (Phi) is 8.10. The van der Waals surface area contributed by atoms with Gasteiger partial charge in [0.25, 0.3) is 5.91 Å². The van der Waals surface area contributed by atoms with Crippen molar-refractivity contribution < 1.29 is 41.9 Å². The van der Waals surface area contributed by atoms with E-state index >= 15 is 0 Å². The van der Waals surface area contributed by atoms with Crippen LogP contribution in [0.5, 0.6) is 5.88 Å². The number of nitrogens with one attached hydrogen (secondary N) is 1. The lowest BCUT2D eigenvalue weighted by atomic mass is 9.78. The number of aromatic nitrogens is 2. The number of alkyl halides is 3. The predicted molar refractivity (Wildman–Crippen MR) is 110 cm³/mol. The summed E-state index contributed by atoms with van der Waals surface area (Å²) >= 11 is 0. The number of carbonyl (C=O) groups is 2. The second-order valence-corrected chi connectivity index (χ2v) is 7.94. The van der Waals surface area contributed by atoms with Gasteiger partial charge >= 0.3 is 12.1 Å². The number of halogens is 3. The summed E-state index contributed by atoms with van der Waals surface area (Å²) in [5.74, 6) is -1.61. The zero-order valence-corrected chi connectivity index (χ0v) is 18.4. The van der Waals surface area contributed by atoms with Crippen molar-refractivity contribution in [2.75, 3.05) is 33.4 Å². The molecule has 2 aromatic rings. The highest BCUT2D eigenvalue weighted by Crippen LogP contribution is 2.42. The summed E-state index contributed by atoms with van der Waals surface area (Å²) in [6, 6.07) is 5.54. The standard InChI is InChI=1S/C19H24N4O4.C2HF3O2/c1-25-18-14(3-2-7-21-18)11-23-12-19(13-23)15(6-10-26-19)4-8-20-17(24)16-5-9-22-27-16;3-2(4,5)1(6)7/h2-3,5,7,9,15H,4,6,8,10-13H2,1H3,(H,20,24);(H,6,7). The molecule has 2 N–H and O–H groups in total. The predicted octanol–water partition coefficient (Wildman–Crippen LogP) is 2.12. The SMILES string of the molecule is COc1ncccc1CN1CC2(C1)OCCC2CCNC(=O)c1ccno1.O=C(O)C(F)(F)F. The van der Waals surface area contributed by atoms with Gasteiger partial charge in [0.1, 0.15) is 0 Å². The Morgan fingerprint density at radius 2 is 2.06 bits per heavy atom. The maximum absolute atomic E-state index is 11.9. The third kappa shape index (κ3) is 6.23. The van der Waals surface area contributed by atoms with Crippen LogP contribution in [0, 0.1) is 5.92 Å². The van der Waals surface area contributed by atoms with Crippen LogP contribution < -0.4 is 10.1 Å². The van der Waals surface area contributed by atoms with E-state index in [4.69, 9.17) is 23.9 Å². The Bertz CT molecular complexity index is 964. The number of hydrogen-bond donors (Lipinski definition) is 2. The van der Waals surface area contributed by atoms with Gasteiger partial charge in [0.05, 0.1) is 18.9 Å². The second-order valence-electron chi connectivity index (χ2n) is 7.94. The van der Waals surface area contributed by atoms with Gasteiger partial charge in [-0.25, -0.2) is 9.78 Å². The van der Waals surface area contributed by atoms with E-state index < -0.39 is 12.1 Å². The highest BCUT2D eigenvalue weighted by atomic mass is 19.4. The molecular weight excluding hydrogens is 461 g/mol. The van der Waals surface area contributed by atoms with Crippen LogP contribution >= 0.6 is 0 Å². The van der Waals surface area contributed by atoms with Crippen LogP contribution in [-0.2, 0) is 16.1 Å². The molecule has 186 valence electrons. The van der Waals surface area contributed by atoms with Crippen LogP contribution in [0.25, 0.3) is 0 Å². The fourth-order valence-electron chi connectivity index (χ4n) is 4.11. The number of nitrogens with zero attached hydrogens (tertiary/aromatic N) is 3. The Morgan fingerprint density at radius 1 is 1.32 bits per heavy atom. The summed E-state index contributed by atoms with van der Waals surface area (Å²) in [6.07, 6.45) is 0.0458. The van der Waals surface area contributed by atoms with E-state index in [-0.39, 0.29) is 17.3 Å². The van der Waals surface area contributed by atoms with Gasteiger partial charge in [-0.15, -0.1) is 0 Å². The molecule has 0 radical (unpaired) electrons. The number of aliphatic carboxylic acids is 1. The molecule has 4 rings (SSSR count). The van der Waals surface area contributed by atoms with Crippen molar-refractivity contribution in [1.29, 1.82) is 0 Å². The van der Waals surface area contributed by atoms with Crippen molar-refractivity contribution in [3.63, 3.8) is 0 Å². The quantitative estimate of drug-likeness (QED) is 0.605. The number of likely N-dealkylation sites (tertiary alicyclic amines) is 1. The monoisotopic (exact) mass is 486 g/mol. The first kappa shape index (κ1) is 25.4. The molecule has 34 heavy (non-hydrogen) atoms. The lowest BCUT2D eigenvalue weighted by Crippen LogP contribution is -2.64. The molecule has 1 spiro atoms. The van der Waals surface area contributed by atoms with Gasteiger partial charge in [0.2, 0.25) is 11.6 Å². The van der Waals surface area contributed by atoms with Crippen molar-refractivity contribution in [1.82, 2.24) is 20.4 Å². The van der Waals surface area contributed by atoms with E-state index in [2.05, 4.69) is 20.4 Å². The van der Waals surface area contributed by atoms with E-state index in [1.165, 1.54) is 6.20 Å². The van der Waals surface area contributed by atoms with Crippen LogP contribution in [0.1, 0.15) is 29.0 Å². The molecule has 1 amide bonds. The minimum Gasteiger partial charge on any atom is -0.481 e. The number of carboxylic acids is 1. The average molecular weight is 486 g/mol. The van der Waals surface area contributed by atoms with Gasteiger partial charge in [-0.1, -0.05) is 11.2 Å². The van der Waals surface area contributed by atoms with Crippen molar-refractivity contribution in [3.05, 3.63) is 41.9 Å². The first-order valence-corrected chi connectivity index (χ1v) is 10.5. The van der Waals surface area contributed by atoms with E-state index in [0.717, 1.165) is 44.6 Å². The van der Waals surface area contributed by atoms with Crippen molar-refractivity contribution in [2.45, 2.75) is 31.2 Å². The lowest BCUT2D eigenvalue weighted by molar-refractivity contribution is -0.192. The van der Waals surface area contributed by atoms with Gasteiger partial charge in [0.15, 0.2) is 0 Å². The number of ether oxygens (including phenoxy) is 2. The zero-order valence-electron chi connectivity index (χ0n) is 18.4. The normalized spacial score (nSPS) is 19.1. The highest BCUT2D eigenvalue weighted by molar-refractivity contribution is 5.91. The highest BCUT2D eigenvalue weighted by Gasteiger charge is 2.52. The molecule has 10 nitrogen and oxygen atoms in total. The summed E-state index contributed by atoms with van der Waals surface area (Å²) in [5, 5.41) is 13.6. The van der Waals surface area contributed by atoms with Crippen LogP contribution in [0.15, 0.2) is 35.1 Å². The smallest absolute Gasteiger partial charge is 0.481 e.